The molecule has 7 nitrogen and oxygen atoms in total. The first-order valence-corrected chi connectivity index (χ1v) is 9.36. The van der Waals surface area contributed by atoms with Gasteiger partial charge in [-0.3, -0.25) is 15.6 Å². The molecule has 0 aromatic heterocycles. The minimum atomic E-state index is -0.196. The van der Waals surface area contributed by atoms with Crippen molar-refractivity contribution >= 4 is 23.2 Å². The number of carbonyl (C=O) groups excluding carboxylic acids is 1. The molecule has 1 aromatic rings. The molecule has 0 unspecified atom stereocenters. The molecule has 0 spiro atoms. The maximum atomic E-state index is 12.1. The second-order valence-electron chi connectivity index (χ2n) is 5.84. The van der Waals surface area contributed by atoms with Crippen LogP contribution in [0, 0.1) is 0 Å². The number of carbonyl (C=O) groups is 1. The molecule has 0 bridgehead atoms. The lowest BCUT2D eigenvalue weighted by Gasteiger charge is -2.15. The van der Waals surface area contributed by atoms with E-state index in [1.165, 1.54) is 0 Å². The van der Waals surface area contributed by atoms with Gasteiger partial charge in [0.2, 0.25) is 5.91 Å². The lowest BCUT2D eigenvalue weighted by atomic mass is 10.1. The molecular weight excluding hydrogens is 354 g/mol. The van der Waals surface area contributed by atoms with E-state index in [1.807, 2.05) is 32.0 Å². The van der Waals surface area contributed by atoms with Crippen molar-refractivity contribution < 1.29 is 19.0 Å². The Balaban J connectivity index is 1.77. The maximum Gasteiger partial charge on any atom is 0.242 e. The fraction of sp³-hybridized carbons (Fsp3) is 0.556. The number of amides is 1. The average Bonchev–Trinajstić information content (AvgIpc) is 3.14. The highest BCUT2D eigenvalue weighted by Crippen LogP contribution is 2.28. The largest absolute Gasteiger partial charge is 0.490 e. The molecule has 26 heavy (non-hydrogen) atoms. The van der Waals surface area contributed by atoms with Gasteiger partial charge >= 0.3 is 0 Å². The number of benzene rings is 1. The topological polar surface area (TPSA) is 80.9 Å². The summed E-state index contributed by atoms with van der Waals surface area (Å²) in [5.41, 5.74) is 6.13. The summed E-state index contributed by atoms with van der Waals surface area (Å²) < 4.78 is 16.6. The van der Waals surface area contributed by atoms with Crippen LogP contribution in [-0.4, -0.2) is 43.5 Å². The van der Waals surface area contributed by atoms with Gasteiger partial charge in [0.25, 0.3) is 0 Å². The Labute approximate surface area is 159 Å². The molecule has 144 valence electrons. The van der Waals surface area contributed by atoms with Crippen molar-refractivity contribution in [2.24, 2.45) is 0 Å². The minimum Gasteiger partial charge on any atom is -0.490 e. The number of hydrazine groups is 1. The second-order valence-corrected chi connectivity index (χ2v) is 6.25. The molecule has 0 radical (unpaired) electrons. The highest BCUT2D eigenvalue weighted by molar-refractivity contribution is 7.80. The van der Waals surface area contributed by atoms with Gasteiger partial charge in [0.1, 0.15) is 0 Å². The lowest BCUT2D eigenvalue weighted by molar-refractivity contribution is -0.121. The van der Waals surface area contributed by atoms with Crippen molar-refractivity contribution in [3.8, 4) is 11.5 Å². The smallest absolute Gasteiger partial charge is 0.242 e. The number of nitrogens with one attached hydrogen (secondary N) is 3. The molecular formula is C18H27N3O4S. The third kappa shape index (κ3) is 6.68. The summed E-state index contributed by atoms with van der Waals surface area (Å²) in [4.78, 5) is 12.1. The van der Waals surface area contributed by atoms with Gasteiger partial charge in [-0.15, -0.1) is 0 Å². The fourth-order valence-corrected chi connectivity index (χ4v) is 2.75. The van der Waals surface area contributed by atoms with Crippen LogP contribution < -0.4 is 25.6 Å². The molecule has 2 rings (SSSR count). The first-order valence-electron chi connectivity index (χ1n) is 8.95. The Bertz CT molecular complexity index is 606. The van der Waals surface area contributed by atoms with Crippen LogP contribution in [0.25, 0.3) is 0 Å². The summed E-state index contributed by atoms with van der Waals surface area (Å²) in [6.07, 6.45) is 2.50. The molecule has 1 atom stereocenters. The van der Waals surface area contributed by atoms with Crippen molar-refractivity contribution in [2.75, 3.05) is 26.4 Å². The van der Waals surface area contributed by atoms with E-state index >= 15 is 0 Å². The molecule has 8 heteroatoms. The van der Waals surface area contributed by atoms with E-state index in [4.69, 9.17) is 26.4 Å². The molecule has 1 amide bonds. The standard InChI is InChI=1S/C18H27N3O4S/c1-3-23-15-8-7-13(10-16(15)24-4-2)11-17(22)20-21-18(26)19-12-14-6-5-9-25-14/h7-8,10,14H,3-6,9,11-12H2,1-2H3,(H,20,22)(H2,19,21,26)/t14-/m1/s1. The molecule has 1 fully saturated rings. The molecule has 1 heterocycles. The molecule has 3 N–H and O–H groups in total. The third-order valence-corrected chi connectivity index (χ3v) is 4.05. The quantitative estimate of drug-likeness (QED) is 0.467. The number of hydrogen-bond acceptors (Lipinski definition) is 5. The maximum absolute atomic E-state index is 12.1. The van der Waals surface area contributed by atoms with Gasteiger partial charge in [-0.2, -0.15) is 0 Å². The summed E-state index contributed by atoms with van der Waals surface area (Å²) in [7, 11) is 0. The van der Waals surface area contributed by atoms with Gasteiger partial charge < -0.3 is 19.5 Å². The number of hydrogen-bond donors (Lipinski definition) is 3. The molecule has 1 aromatic carbocycles. The van der Waals surface area contributed by atoms with Gasteiger partial charge in [-0.1, -0.05) is 6.07 Å². The molecule has 0 aliphatic carbocycles. The van der Waals surface area contributed by atoms with E-state index in [0.717, 1.165) is 25.0 Å². The number of rotatable bonds is 8. The summed E-state index contributed by atoms with van der Waals surface area (Å²) in [5.74, 6) is 1.12. The van der Waals surface area contributed by atoms with Crippen LogP contribution in [0.15, 0.2) is 18.2 Å². The minimum absolute atomic E-state index is 0.186. The Morgan fingerprint density at radius 3 is 2.69 bits per heavy atom. The highest BCUT2D eigenvalue weighted by Gasteiger charge is 2.15. The van der Waals surface area contributed by atoms with Crippen molar-refractivity contribution in [3.63, 3.8) is 0 Å². The lowest BCUT2D eigenvalue weighted by Crippen LogP contribution is -2.48. The van der Waals surface area contributed by atoms with Crippen LogP contribution in [0.5, 0.6) is 11.5 Å². The Hall–Kier alpha value is -2.06. The summed E-state index contributed by atoms with van der Waals surface area (Å²) in [6.45, 7) is 6.34. The van der Waals surface area contributed by atoms with E-state index in [9.17, 15) is 4.79 Å². The predicted molar refractivity (Wildman–Crippen MR) is 103 cm³/mol. The van der Waals surface area contributed by atoms with Gasteiger partial charge in [0, 0.05) is 13.2 Å². The van der Waals surface area contributed by atoms with Crippen LogP contribution in [0.3, 0.4) is 0 Å². The first kappa shape index (κ1) is 20.3. The molecule has 1 saturated heterocycles. The second kappa shape index (κ2) is 10.8. The van der Waals surface area contributed by atoms with Gasteiger partial charge in [-0.05, 0) is 56.6 Å². The van der Waals surface area contributed by atoms with E-state index in [-0.39, 0.29) is 18.4 Å². The summed E-state index contributed by atoms with van der Waals surface area (Å²) in [6, 6.07) is 5.49. The Morgan fingerprint density at radius 2 is 2.00 bits per heavy atom. The Morgan fingerprint density at radius 1 is 1.23 bits per heavy atom. The normalized spacial score (nSPS) is 16.0. The van der Waals surface area contributed by atoms with Crippen LogP contribution in [0.1, 0.15) is 32.3 Å². The van der Waals surface area contributed by atoms with Crippen LogP contribution in [0.2, 0.25) is 0 Å². The summed E-state index contributed by atoms with van der Waals surface area (Å²) in [5, 5.41) is 3.41. The van der Waals surface area contributed by atoms with Gasteiger partial charge in [-0.25, -0.2) is 0 Å². The van der Waals surface area contributed by atoms with Crippen molar-refractivity contribution in [3.05, 3.63) is 23.8 Å². The third-order valence-electron chi connectivity index (χ3n) is 3.80. The molecule has 0 saturated carbocycles. The Kier molecular flexibility index (Phi) is 8.43. The van der Waals surface area contributed by atoms with Crippen molar-refractivity contribution in [1.82, 2.24) is 16.2 Å². The SMILES string of the molecule is CCOc1ccc(CC(=O)NNC(=S)NC[C@H]2CCCO2)cc1OCC. The van der Waals surface area contributed by atoms with Crippen molar-refractivity contribution in [2.45, 2.75) is 39.2 Å². The number of ether oxygens (including phenoxy) is 3. The highest BCUT2D eigenvalue weighted by atomic mass is 32.1. The van der Waals surface area contributed by atoms with Crippen LogP contribution in [0.4, 0.5) is 0 Å². The van der Waals surface area contributed by atoms with E-state index in [2.05, 4.69) is 16.2 Å². The van der Waals surface area contributed by atoms with E-state index in [0.29, 0.717) is 36.4 Å². The van der Waals surface area contributed by atoms with Crippen LogP contribution in [-0.2, 0) is 16.0 Å². The zero-order valence-corrected chi connectivity index (χ0v) is 16.1. The molecule has 1 aliphatic heterocycles. The molecule has 1 aliphatic rings. The van der Waals surface area contributed by atoms with Gasteiger partial charge in [0.15, 0.2) is 16.6 Å². The fourth-order valence-electron chi connectivity index (χ4n) is 2.62. The summed E-state index contributed by atoms with van der Waals surface area (Å²) >= 11 is 5.14. The zero-order valence-electron chi connectivity index (χ0n) is 15.3. The average molecular weight is 381 g/mol. The van der Waals surface area contributed by atoms with Gasteiger partial charge in [0.05, 0.1) is 25.7 Å². The van der Waals surface area contributed by atoms with E-state index in [1.54, 1.807) is 0 Å². The predicted octanol–water partition coefficient (Wildman–Crippen LogP) is 1.70. The zero-order chi connectivity index (χ0) is 18.8. The monoisotopic (exact) mass is 381 g/mol. The van der Waals surface area contributed by atoms with Crippen molar-refractivity contribution in [1.29, 1.82) is 0 Å². The van der Waals surface area contributed by atoms with Crippen LogP contribution >= 0.6 is 12.2 Å². The van der Waals surface area contributed by atoms with E-state index < -0.39 is 0 Å². The number of thiocarbonyl (C=S) groups is 1. The first-order chi connectivity index (χ1) is 12.6.